The molecule has 0 bridgehead atoms. The topological polar surface area (TPSA) is 83.8 Å². The molecule has 1 heterocycles. The van der Waals surface area contributed by atoms with E-state index in [4.69, 9.17) is 14.9 Å². The molecule has 0 aromatic heterocycles. The number of carbonyl (C=O) groups is 2. The average molecular weight is 212 g/mol. The van der Waals surface area contributed by atoms with Crippen LogP contribution < -0.4 is 0 Å². The number of hydrogen-bond acceptors (Lipinski definition) is 3. The van der Waals surface area contributed by atoms with Crippen LogP contribution in [0.1, 0.15) is 19.8 Å². The first-order valence-corrected chi connectivity index (χ1v) is 4.60. The highest BCUT2D eigenvalue weighted by Gasteiger charge is 2.32. The molecule has 5 nitrogen and oxygen atoms in total. The van der Waals surface area contributed by atoms with Gasteiger partial charge in [-0.25, -0.2) is 9.59 Å². The summed E-state index contributed by atoms with van der Waals surface area (Å²) in [5, 5.41) is 17.4. The standard InChI is InChI=1S/C10H12O5/c1-2-3-4-6-5-7(9(11)12)15-8(6)10(13)14/h4-5,8H,2-3H2,1H3,(H,11,12)(H,13,14). The van der Waals surface area contributed by atoms with Crippen LogP contribution in [0.4, 0.5) is 0 Å². The lowest BCUT2D eigenvalue weighted by Gasteiger charge is -2.07. The highest BCUT2D eigenvalue weighted by Crippen LogP contribution is 2.23. The van der Waals surface area contributed by atoms with Crippen molar-refractivity contribution in [2.75, 3.05) is 0 Å². The lowest BCUT2D eigenvalue weighted by Crippen LogP contribution is -2.22. The van der Waals surface area contributed by atoms with Gasteiger partial charge >= 0.3 is 11.9 Å². The van der Waals surface area contributed by atoms with Gasteiger partial charge in [0.05, 0.1) is 0 Å². The van der Waals surface area contributed by atoms with Crippen molar-refractivity contribution < 1.29 is 24.5 Å². The van der Waals surface area contributed by atoms with E-state index in [0.29, 0.717) is 12.0 Å². The molecule has 0 aromatic carbocycles. The fourth-order valence-corrected chi connectivity index (χ4v) is 1.24. The quantitative estimate of drug-likeness (QED) is 0.730. The maximum atomic E-state index is 10.8. The summed E-state index contributed by atoms with van der Waals surface area (Å²) in [5.41, 5.74) is 0.404. The molecule has 1 unspecified atom stereocenters. The molecular formula is C10H12O5. The van der Waals surface area contributed by atoms with Crippen molar-refractivity contribution in [2.24, 2.45) is 0 Å². The van der Waals surface area contributed by atoms with Gasteiger partial charge in [0.1, 0.15) is 0 Å². The van der Waals surface area contributed by atoms with Crippen LogP contribution in [0, 0.1) is 0 Å². The third kappa shape index (κ3) is 2.59. The van der Waals surface area contributed by atoms with Gasteiger partial charge in [0.25, 0.3) is 0 Å². The van der Waals surface area contributed by atoms with Crippen LogP contribution in [0.25, 0.3) is 0 Å². The van der Waals surface area contributed by atoms with Crippen molar-refractivity contribution in [3.63, 3.8) is 0 Å². The summed E-state index contributed by atoms with van der Waals surface area (Å²) in [7, 11) is 0. The van der Waals surface area contributed by atoms with E-state index in [-0.39, 0.29) is 5.76 Å². The molecule has 1 atom stereocenters. The Morgan fingerprint density at radius 3 is 2.67 bits per heavy atom. The van der Waals surface area contributed by atoms with Crippen LogP contribution in [0.2, 0.25) is 0 Å². The van der Waals surface area contributed by atoms with E-state index in [1.165, 1.54) is 6.08 Å². The molecule has 0 spiro atoms. The maximum Gasteiger partial charge on any atom is 0.371 e. The second-order valence-corrected chi connectivity index (χ2v) is 3.14. The molecule has 0 fully saturated rings. The highest BCUT2D eigenvalue weighted by atomic mass is 16.5. The molecule has 0 saturated heterocycles. The summed E-state index contributed by atoms with van der Waals surface area (Å²) in [6, 6.07) is 0. The van der Waals surface area contributed by atoms with Crippen LogP contribution in [-0.4, -0.2) is 28.3 Å². The summed E-state index contributed by atoms with van der Waals surface area (Å²) >= 11 is 0. The Hall–Kier alpha value is -1.78. The zero-order chi connectivity index (χ0) is 11.4. The van der Waals surface area contributed by atoms with Crippen molar-refractivity contribution in [3.05, 3.63) is 23.5 Å². The van der Waals surface area contributed by atoms with Crippen molar-refractivity contribution >= 4 is 11.9 Å². The van der Waals surface area contributed by atoms with Gasteiger partial charge in [-0.1, -0.05) is 19.4 Å². The first-order chi connectivity index (χ1) is 7.06. The molecule has 5 heteroatoms. The number of unbranched alkanes of at least 4 members (excludes halogenated alkanes) is 1. The number of hydrogen-bond donors (Lipinski definition) is 2. The van der Waals surface area contributed by atoms with Crippen molar-refractivity contribution in [2.45, 2.75) is 25.9 Å². The van der Waals surface area contributed by atoms with E-state index in [1.807, 2.05) is 6.92 Å². The second-order valence-electron chi connectivity index (χ2n) is 3.14. The molecule has 1 aliphatic heterocycles. The van der Waals surface area contributed by atoms with Gasteiger partial charge < -0.3 is 14.9 Å². The molecule has 1 aliphatic rings. The Bertz CT molecular complexity index is 340. The normalized spacial score (nSPS) is 22.3. The fraction of sp³-hybridized carbons (Fsp3) is 0.400. The molecule has 0 saturated carbocycles. The Kier molecular flexibility index (Phi) is 3.49. The lowest BCUT2D eigenvalue weighted by atomic mass is 10.1. The van der Waals surface area contributed by atoms with Gasteiger partial charge in [0, 0.05) is 5.57 Å². The predicted octanol–water partition coefficient (Wildman–Crippen LogP) is 1.16. The molecular weight excluding hydrogens is 200 g/mol. The highest BCUT2D eigenvalue weighted by molar-refractivity contribution is 5.89. The van der Waals surface area contributed by atoms with Crippen LogP contribution in [0.3, 0.4) is 0 Å². The van der Waals surface area contributed by atoms with Crippen molar-refractivity contribution in [1.82, 2.24) is 0 Å². The van der Waals surface area contributed by atoms with Gasteiger partial charge in [-0.05, 0) is 12.5 Å². The number of allylic oxidation sites excluding steroid dienone is 1. The molecule has 2 N–H and O–H groups in total. The van der Waals surface area contributed by atoms with Crippen molar-refractivity contribution in [1.29, 1.82) is 0 Å². The largest absolute Gasteiger partial charge is 0.478 e. The second kappa shape index (κ2) is 4.63. The van der Waals surface area contributed by atoms with Gasteiger partial charge in [-0.3, -0.25) is 0 Å². The third-order valence-corrected chi connectivity index (χ3v) is 1.95. The van der Waals surface area contributed by atoms with E-state index in [0.717, 1.165) is 6.42 Å². The van der Waals surface area contributed by atoms with E-state index < -0.39 is 18.0 Å². The monoisotopic (exact) mass is 212 g/mol. The predicted molar refractivity (Wildman–Crippen MR) is 51.2 cm³/mol. The summed E-state index contributed by atoms with van der Waals surface area (Å²) in [6.45, 7) is 1.95. The molecule has 82 valence electrons. The molecule has 0 aliphatic carbocycles. The van der Waals surface area contributed by atoms with E-state index in [1.54, 1.807) is 6.08 Å². The maximum absolute atomic E-state index is 10.8. The minimum atomic E-state index is -1.25. The molecule has 0 aromatic rings. The van der Waals surface area contributed by atoms with E-state index >= 15 is 0 Å². The smallest absolute Gasteiger partial charge is 0.371 e. The van der Waals surface area contributed by atoms with Gasteiger partial charge in [0.15, 0.2) is 0 Å². The Balaban J connectivity index is 2.88. The van der Waals surface area contributed by atoms with Gasteiger partial charge in [0.2, 0.25) is 11.9 Å². The lowest BCUT2D eigenvalue weighted by molar-refractivity contribution is -0.147. The minimum Gasteiger partial charge on any atom is -0.478 e. The van der Waals surface area contributed by atoms with Crippen LogP contribution in [-0.2, 0) is 14.3 Å². The Labute approximate surface area is 86.7 Å². The molecule has 1 rings (SSSR count). The zero-order valence-electron chi connectivity index (χ0n) is 8.27. The summed E-state index contributed by atoms with van der Waals surface area (Å²) in [5.74, 6) is -2.74. The fourth-order valence-electron chi connectivity index (χ4n) is 1.24. The van der Waals surface area contributed by atoms with Crippen LogP contribution in [0.15, 0.2) is 23.5 Å². The van der Waals surface area contributed by atoms with Gasteiger partial charge in [-0.15, -0.1) is 0 Å². The van der Waals surface area contributed by atoms with Crippen LogP contribution >= 0.6 is 0 Å². The minimum absolute atomic E-state index is 0.315. The summed E-state index contributed by atoms with van der Waals surface area (Å²) < 4.78 is 4.79. The van der Waals surface area contributed by atoms with Crippen LogP contribution in [0.5, 0.6) is 0 Å². The molecule has 15 heavy (non-hydrogen) atoms. The third-order valence-electron chi connectivity index (χ3n) is 1.95. The summed E-state index contributed by atoms with van der Waals surface area (Å²) in [6.07, 6.45) is 3.34. The van der Waals surface area contributed by atoms with E-state index in [2.05, 4.69) is 0 Å². The number of rotatable bonds is 4. The number of aliphatic carboxylic acids is 2. The first kappa shape index (κ1) is 11.3. The Morgan fingerprint density at radius 2 is 2.20 bits per heavy atom. The molecule has 0 amide bonds. The summed E-state index contributed by atoms with van der Waals surface area (Å²) in [4.78, 5) is 21.3. The van der Waals surface area contributed by atoms with Crippen molar-refractivity contribution in [3.8, 4) is 0 Å². The zero-order valence-corrected chi connectivity index (χ0v) is 8.27. The van der Waals surface area contributed by atoms with Gasteiger partial charge in [-0.2, -0.15) is 0 Å². The molecule has 0 radical (unpaired) electrons. The number of carboxylic acids is 2. The SMILES string of the molecule is CCCC=C1C=C(C(=O)O)OC1C(=O)O. The first-order valence-electron chi connectivity index (χ1n) is 4.60. The number of ether oxygens (including phenoxy) is 1. The Morgan fingerprint density at radius 1 is 1.53 bits per heavy atom. The average Bonchev–Trinajstić information content (AvgIpc) is 2.58. The number of carboxylic acid groups (broad SMARTS) is 2. The van der Waals surface area contributed by atoms with E-state index in [9.17, 15) is 9.59 Å².